The third-order valence-corrected chi connectivity index (χ3v) is 3.20. The van der Waals surface area contributed by atoms with Crippen LogP contribution in [-0.2, 0) is 4.74 Å². The molecule has 1 saturated heterocycles. The molecule has 1 aliphatic rings. The fraction of sp³-hybridized carbons (Fsp3) is 1.00. The number of nitrogens with zero attached hydrogens (tertiary/aromatic N) is 1. The molecule has 0 aromatic carbocycles. The van der Waals surface area contributed by atoms with Gasteiger partial charge in [-0.3, -0.25) is 4.90 Å². The number of methoxy groups -OCH3 is 1. The molecule has 3 heteroatoms. The van der Waals surface area contributed by atoms with Crippen molar-refractivity contribution < 1.29 is 4.74 Å². The lowest BCUT2D eigenvalue weighted by Gasteiger charge is -2.26. The van der Waals surface area contributed by atoms with Gasteiger partial charge in [0.25, 0.3) is 0 Å². The molecule has 0 bridgehead atoms. The molecule has 0 aromatic rings. The van der Waals surface area contributed by atoms with Crippen LogP contribution in [0.25, 0.3) is 0 Å². The fourth-order valence-corrected chi connectivity index (χ4v) is 2.17. The van der Waals surface area contributed by atoms with Gasteiger partial charge < -0.3 is 10.1 Å². The number of likely N-dealkylation sites (N-methyl/N-ethyl adjacent to an activating group) is 1. The molecule has 0 amide bonds. The van der Waals surface area contributed by atoms with Crippen molar-refractivity contribution in [3.8, 4) is 0 Å². The van der Waals surface area contributed by atoms with Crippen molar-refractivity contribution in [1.29, 1.82) is 0 Å². The van der Waals surface area contributed by atoms with Crippen LogP contribution in [0, 0.1) is 0 Å². The van der Waals surface area contributed by atoms with Gasteiger partial charge in [-0.2, -0.15) is 0 Å². The third kappa shape index (κ3) is 5.50. The molecule has 1 atom stereocenters. The number of hydrogen-bond donors (Lipinski definition) is 1. The van der Waals surface area contributed by atoms with E-state index in [0.29, 0.717) is 6.04 Å². The number of nitrogens with one attached hydrogen (secondary N) is 1. The molecule has 90 valence electrons. The molecular weight excluding hydrogens is 188 g/mol. The van der Waals surface area contributed by atoms with E-state index in [1.807, 2.05) is 0 Å². The van der Waals surface area contributed by atoms with Crippen molar-refractivity contribution in [3.63, 3.8) is 0 Å². The lowest BCUT2D eigenvalue weighted by atomic mass is 10.1. The zero-order chi connectivity index (χ0) is 10.9. The quantitative estimate of drug-likeness (QED) is 0.725. The topological polar surface area (TPSA) is 24.5 Å². The van der Waals surface area contributed by atoms with Crippen LogP contribution in [0.3, 0.4) is 0 Å². The van der Waals surface area contributed by atoms with E-state index in [0.717, 1.165) is 19.7 Å². The monoisotopic (exact) mass is 214 g/mol. The van der Waals surface area contributed by atoms with Crippen LogP contribution < -0.4 is 5.32 Å². The molecule has 1 aliphatic heterocycles. The van der Waals surface area contributed by atoms with Crippen molar-refractivity contribution >= 4 is 0 Å². The second-order valence-electron chi connectivity index (χ2n) is 4.39. The molecule has 1 fully saturated rings. The second-order valence-corrected chi connectivity index (χ2v) is 4.39. The first-order valence-corrected chi connectivity index (χ1v) is 6.31. The Morgan fingerprint density at radius 2 is 2.20 bits per heavy atom. The number of hydrogen-bond acceptors (Lipinski definition) is 3. The summed E-state index contributed by atoms with van der Waals surface area (Å²) in [5.74, 6) is 0. The summed E-state index contributed by atoms with van der Waals surface area (Å²) in [7, 11) is 1.78. The van der Waals surface area contributed by atoms with Gasteiger partial charge in [-0.25, -0.2) is 0 Å². The van der Waals surface area contributed by atoms with Crippen molar-refractivity contribution in [3.05, 3.63) is 0 Å². The van der Waals surface area contributed by atoms with Crippen molar-refractivity contribution in [2.75, 3.05) is 39.9 Å². The molecule has 0 aromatic heterocycles. The van der Waals surface area contributed by atoms with Gasteiger partial charge in [0, 0.05) is 26.2 Å². The normalized spacial score (nSPS) is 23.0. The van der Waals surface area contributed by atoms with Crippen LogP contribution in [0.15, 0.2) is 0 Å². The first-order valence-electron chi connectivity index (χ1n) is 6.31. The van der Waals surface area contributed by atoms with Crippen LogP contribution in [0.2, 0.25) is 0 Å². The molecule has 15 heavy (non-hydrogen) atoms. The van der Waals surface area contributed by atoms with Crippen LogP contribution in [0.4, 0.5) is 0 Å². The Kier molecular flexibility index (Phi) is 6.98. The minimum Gasteiger partial charge on any atom is -0.383 e. The van der Waals surface area contributed by atoms with Gasteiger partial charge in [-0.05, 0) is 25.9 Å². The Bertz CT molecular complexity index is 145. The Labute approximate surface area is 94.2 Å². The van der Waals surface area contributed by atoms with Crippen LogP contribution in [0.5, 0.6) is 0 Å². The van der Waals surface area contributed by atoms with Crippen molar-refractivity contribution in [1.82, 2.24) is 10.2 Å². The van der Waals surface area contributed by atoms with Crippen molar-refractivity contribution in [2.24, 2.45) is 0 Å². The van der Waals surface area contributed by atoms with E-state index in [2.05, 4.69) is 17.1 Å². The smallest absolute Gasteiger partial charge is 0.0589 e. The molecular formula is C12H26N2O. The molecule has 0 spiro atoms. The minimum atomic E-state index is 0.698. The summed E-state index contributed by atoms with van der Waals surface area (Å²) in [4.78, 5) is 2.48. The predicted molar refractivity (Wildman–Crippen MR) is 64.2 cm³/mol. The maximum absolute atomic E-state index is 5.13. The highest BCUT2D eigenvalue weighted by Gasteiger charge is 2.14. The Hall–Kier alpha value is -0.120. The SMILES string of the molecule is CCN(CCOC)CC1CCCCCN1. The lowest BCUT2D eigenvalue weighted by molar-refractivity contribution is 0.143. The zero-order valence-corrected chi connectivity index (χ0v) is 10.3. The highest BCUT2D eigenvalue weighted by Crippen LogP contribution is 2.09. The molecule has 0 aliphatic carbocycles. The Morgan fingerprint density at radius 3 is 2.93 bits per heavy atom. The maximum atomic E-state index is 5.13. The standard InChI is InChI=1S/C12H26N2O/c1-3-14(9-10-15-2)11-12-7-5-4-6-8-13-12/h12-13H,3-11H2,1-2H3. The summed E-state index contributed by atoms with van der Waals surface area (Å²) < 4.78 is 5.13. The van der Waals surface area contributed by atoms with E-state index in [4.69, 9.17) is 4.74 Å². The van der Waals surface area contributed by atoms with Gasteiger partial charge in [0.1, 0.15) is 0 Å². The van der Waals surface area contributed by atoms with Crippen LogP contribution in [0.1, 0.15) is 32.6 Å². The number of ether oxygens (including phenoxy) is 1. The highest BCUT2D eigenvalue weighted by atomic mass is 16.5. The number of rotatable bonds is 6. The molecule has 1 N–H and O–H groups in total. The van der Waals surface area contributed by atoms with Gasteiger partial charge in [0.2, 0.25) is 0 Å². The average Bonchev–Trinajstić information content (AvgIpc) is 2.52. The highest BCUT2D eigenvalue weighted by molar-refractivity contribution is 4.74. The molecule has 3 nitrogen and oxygen atoms in total. The summed E-state index contributed by atoms with van der Waals surface area (Å²) in [5.41, 5.74) is 0. The summed E-state index contributed by atoms with van der Waals surface area (Å²) in [6, 6.07) is 0.698. The van der Waals surface area contributed by atoms with Gasteiger partial charge in [0.15, 0.2) is 0 Å². The molecule has 1 rings (SSSR count). The van der Waals surface area contributed by atoms with E-state index in [-0.39, 0.29) is 0 Å². The van der Waals surface area contributed by atoms with E-state index in [9.17, 15) is 0 Å². The van der Waals surface area contributed by atoms with Crippen LogP contribution >= 0.6 is 0 Å². The minimum absolute atomic E-state index is 0.698. The fourth-order valence-electron chi connectivity index (χ4n) is 2.17. The lowest BCUT2D eigenvalue weighted by Crippen LogP contribution is -2.41. The Balaban J connectivity index is 2.22. The van der Waals surface area contributed by atoms with Gasteiger partial charge >= 0.3 is 0 Å². The predicted octanol–water partition coefficient (Wildman–Crippen LogP) is 1.49. The van der Waals surface area contributed by atoms with E-state index < -0.39 is 0 Å². The van der Waals surface area contributed by atoms with Crippen molar-refractivity contribution in [2.45, 2.75) is 38.6 Å². The van der Waals surface area contributed by atoms with Gasteiger partial charge in [-0.1, -0.05) is 19.8 Å². The first kappa shape index (κ1) is 12.9. The summed E-state index contributed by atoms with van der Waals surface area (Å²) in [6.07, 6.45) is 5.47. The van der Waals surface area contributed by atoms with E-state index in [1.165, 1.54) is 38.8 Å². The summed E-state index contributed by atoms with van der Waals surface area (Å²) in [6.45, 7) is 7.64. The summed E-state index contributed by atoms with van der Waals surface area (Å²) in [5, 5.41) is 3.64. The Morgan fingerprint density at radius 1 is 1.33 bits per heavy atom. The molecule has 1 unspecified atom stereocenters. The molecule has 1 heterocycles. The van der Waals surface area contributed by atoms with E-state index in [1.54, 1.807) is 7.11 Å². The first-order chi connectivity index (χ1) is 7.36. The second kappa shape index (κ2) is 8.08. The summed E-state index contributed by atoms with van der Waals surface area (Å²) >= 11 is 0. The van der Waals surface area contributed by atoms with Crippen LogP contribution in [-0.4, -0.2) is 50.8 Å². The largest absolute Gasteiger partial charge is 0.383 e. The molecule has 0 saturated carbocycles. The molecule has 0 radical (unpaired) electrons. The average molecular weight is 214 g/mol. The van der Waals surface area contributed by atoms with E-state index >= 15 is 0 Å². The van der Waals surface area contributed by atoms with Gasteiger partial charge in [-0.15, -0.1) is 0 Å². The third-order valence-electron chi connectivity index (χ3n) is 3.20. The zero-order valence-electron chi connectivity index (χ0n) is 10.3. The maximum Gasteiger partial charge on any atom is 0.0589 e. The van der Waals surface area contributed by atoms with Gasteiger partial charge in [0.05, 0.1) is 6.61 Å².